The van der Waals surface area contributed by atoms with E-state index in [0.717, 1.165) is 5.69 Å². The molecule has 0 spiro atoms. The Labute approximate surface area is 69.8 Å². The largest absolute Gasteiger partial charge is 0.480 e. The number of carboxylic acids is 1. The highest BCUT2D eigenvalue weighted by atomic mass is 16.4. The lowest BCUT2D eigenvalue weighted by Gasteiger charge is -2.22. The van der Waals surface area contributed by atoms with Gasteiger partial charge in [0.15, 0.2) is 0 Å². The van der Waals surface area contributed by atoms with Crippen molar-refractivity contribution in [1.29, 1.82) is 0 Å². The summed E-state index contributed by atoms with van der Waals surface area (Å²) in [5, 5.41) is 11.7. The summed E-state index contributed by atoms with van der Waals surface area (Å²) in [7, 11) is 0. The molecule has 1 aromatic rings. The molecule has 0 fully saturated rings. The van der Waals surface area contributed by atoms with Crippen molar-refractivity contribution in [2.45, 2.75) is 19.1 Å². The molecule has 4 nitrogen and oxygen atoms in total. The van der Waals surface area contributed by atoms with Gasteiger partial charge in [-0.2, -0.15) is 0 Å². The van der Waals surface area contributed by atoms with E-state index in [2.05, 4.69) is 5.32 Å². The van der Waals surface area contributed by atoms with Crippen molar-refractivity contribution in [2.24, 2.45) is 0 Å². The average molecular weight is 166 g/mol. The highest BCUT2D eigenvalue weighted by molar-refractivity contribution is 5.73. The molecule has 64 valence electrons. The maximum absolute atomic E-state index is 10.6. The van der Waals surface area contributed by atoms with E-state index in [-0.39, 0.29) is 0 Å². The maximum atomic E-state index is 10.6. The van der Waals surface area contributed by atoms with Crippen molar-refractivity contribution in [2.75, 3.05) is 0 Å². The zero-order chi connectivity index (χ0) is 8.55. The molecule has 0 aromatic carbocycles. The Morgan fingerprint density at radius 3 is 3.33 bits per heavy atom. The van der Waals surface area contributed by atoms with Crippen molar-refractivity contribution in [1.82, 2.24) is 9.88 Å². The molecule has 0 saturated heterocycles. The first-order valence-corrected chi connectivity index (χ1v) is 3.87. The third-order valence-electron chi connectivity index (χ3n) is 2.13. The van der Waals surface area contributed by atoms with Gasteiger partial charge in [-0.1, -0.05) is 0 Å². The molecule has 0 aliphatic carbocycles. The van der Waals surface area contributed by atoms with E-state index in [0.29, 0.717) is 13.1 Å². The van der Waals surface area contributed by atoms with Gasteiger partial charge in [-0.15, -0.1) is 0 Å². The van der Waals surface area contributed by atoms with Crippen LogP contribution in [-0.4, -0.2) is 21.7 Å². The summed E-state index contributed by atoms with van der Waals surface area (Å²) in [6.45, 7) is 1.17. The summed E-state index contributed by atoms with van der Waals surface area (Å²) in [6.07, 6.45) is 1.91. The molecule has 0 saturated carbocycles. The molecule has 1 aliphatic heterocycles. The van der Waals surface area contributed by atoms with Gasteiger partial charge in [-0.25, -0.2) is 0 Å². The molecule has 2 N–H and O–H groups in total. The Bertz CT molecular complexity index is 306. The van der Waals surface area contributed by atoms with Crippen LogP contribution in [0.4, 0.5) is 0 Å². The number of carbonyl (C=O) groups is 1. The monoisotopic (exact) mass is 166 g/mol. The molecule has 2 rings (SSSR count). The van der Waals surface area contributed by atoms with E-state index in [1.165, 1.54) is 0 Å². The van der Waals surface area contributed by atoms with Crippen molar-refractivity contribution in [3.63, 3.8) is 0 Å². The van der Waals surface area contributed by atoms with E-state index in [1.54, 1.807) is 0 Å². The molecule has 0 radical (unpaired) electrons. The highest BCUT2D eigenvalue weighted by Gasteiger charge is 2.22. The fraction of sp³-hybridized carbons (Fsp3) is 0.375. The van der Waals surface area contributed by atoms with Crippen LogP contribution in [0.15, 0.2) is 18.3 Å². The van der Waals surface area contributed by atoms with E-state index in [9.17, 15) is 4.79 Å². The zero-order valence-electron chi connectivity index (χ0n) is 6.53. The highest BCUT2D eigenvalue weighted by Crippen LogP contribution is 2.09. The van der Waals surface area contributed by atoms with Gasteiger partial charge in [0, 0.05) is 25.0 Å². The number of nitrogens with zero attached hydrogens (tertiary/aromatic N) is 1. The lowest BCUT2D eigenvalue weighted by atomic mass is 10.2. The zero-order valence-corrected chi connectivity index (χ0v) is 6.53. The number of aliphatic carboxylic acids is 1. The molecule has 12 heavy (non-hydrogen) atoms. The molecule has 0 bridgehead atoms. The summed E-state index contributed by atoms with van der Waals surface area (Å²) < 4.78 is 1.97. The topological polar surface area (TPSA) is 54.3 Å². The lowest BCUT2D eigenvalue weighted by molar-refractivity contribution is -0.140. The van der Waals surface area contributed by atoms with E-state index in [1.807, 2.05) is 22.9 Å². The minimum Gasteiger partial charge on any atom is -0.480 e. The number of fused-ring (bicyclic) bond motifs is 1. The summed E-state index contributed by atoms with van der Waals surface area (Å²) in [5.41, 5.74) is 1.15. The van der Waals surface area contributed by atoms with Crippen LogP contribution in [0.2, 0.25) is 0 Å². The lowest BCUT2D eigenvalue weighted by Crippen LogP contribution is -2.43. The quantitative estimate of drug-likeness (QED) is 0.619. The fourth-order valence-corrected chi connectivity index (χ4v) is 1.44. The standard InChI is InChI=1S/C8H10N2O2/c11-8(12)7-5-10-3-1-2-6(10)4-9-7/h1-3,7,9H,4-5H2,(H,11,12). The second kappa shape index (κ2) is 2.64. The van der Waals surface area contributed by atoms with Crippen LogP contribution < -0.4 is 5.32 Å². The van der Waals surface area contributed by atoms with E-state index < -0.39 is 12.0 Å². The minimum absolute atomic E-state index is 0.440. The van der Waals surface area contributed by atoms with Crippen LogP contribution in [0.25, 0.3) is 0 Å². The molecule has 4 heteroatoms. The number of hydrogen-bond acceptors (Lipinski definition) is 2. The van der Waals surface area contributed by atoms with Gasteiger partial charge in [-0.3, -0.25) is 10.1 Å². The molecular weight excluding hydrogens is 156 g/mol. The van der Waals surface area contributed by atoms with Crippen LogP contribution in [0.3, 0.4) is 0 Å². The molecule has 2 heterocycles. The van der Waals surface area contributed by atoms with Crippen LogP contribution in [0.1, 0.15) is 5.69 Å². The molecule has 1 atom stereocenters. The summed E-state index contributed by atoms with van der Waals surface area (Å²) in [5.74, 6) is -0.783. The Kier molecular flexibility index (Phi) is 1.62. The molecule has 0 amide bonds. The SMILES string of the molecule is O=C(O)C1Cn2cccc2CN1. The van der Waals surface area contributed by atoms with E-state index >= 15 is 0 Å². The number of rotatable bonds is 1. The molecule has 1 unspecified atom stereocenters. The summed E-state index contributed by atoms with van der Waals surface area (Å²) >= 11 is 0. The summed E-state index contributed by atoms with van der Waals surface area (Å²) in [6, 6.07) is 3.48. The van der Waals surface area contributed by atoms with Gasteiger partial charge in [0.25, 0.3) is 0 Å². The van der Waals surface area contributed by atoms with Gasteiger partial charge in [0.05, 0.1) is 0 Å². The number of carboxylic acid groups (broad SMARTS) is 1. The number of aromatic nitrogens is 1. The molecule has 1 aromatic heterocycles. The Hall–Kier alpha value is -1.29. The van der Waals surface area contributed by atoms with Gasteiger partial charge in [-0.05, 0) is 12.1 Å². The number of nitrogens with one attached hydrogen (secondary N) is 1. The third-order valence-corrected chi connectivity index (χ3v) is 2.13. The predicted octanol–water partition coefficient (Wildman–Crippen LogP) is 0.0445. The first-order valence-electron chi connectivity index (χ1n) is 3.87. The minimum atomic E-state index is -0.783. The van der Waals surface area contributed by atoms with Crippen LogP contribution in [-0.2, 0) is 17.9 Å². The van der Waals surface area contributed by atoms with Gasteiger partial charge in [0.2, 0.25) is 0 Å². The Morgan fingerprint density at radius 1 is 1.75 bits per heavy atom. The predicted molar refractivity (Wildman–Crippen MR) is 42.7 cm³/mol. The first kappa shape index (κ1) is 7.36. The smallest absolute Gasteiger partial charge is 0.322 e. The maximum Gasteiger partial charge on any atom is 0.322 e. The van der Waals surface area contributed by atoms with Crippen molar-refractivity contribution < 1.29 is 9.90 Å². The normalized spacial score (nSPS) is 21.8. The molecular formula is C8H10N2O2. The van der Waals surface area contributed by atoms with E-state index in [4.69, 9.17) is 5.11 Å². The van der Waals surface area contributed by atoms with Crippen molar-refractivity contribution in [3.05, 3.63) is 24.0 Å². The summed E-state index contributed by atoms with van der Waals surface area (Å²) in [4.78, 5) is 10.6. The third kappa shape index (κ3) is 1.10. The van der Waals surface area contributed by atoms with Crippen molar-refractivity contribution >= 4 is 5.97 Å². The second-order valence-electron chi connectivity index (χ2n) is 2.92. The Balaban J connectivity index is 2.20. The number of hydrogen-bond donors (Lipinski definition) is 2. The Morgan fingerprint density at radius 2 is 2.58 bits per heavy atom. The van der Waals surface area contributed by atoms with Gasteiger partial charge >= 0.3 is 5.97 Å². The van der Waals surface area contributed by atoms with Crippen LogP contribution in [0.5, 0.6) is 0 Å². The van der Waals surface area contributed by atoms with Crippen LogP contribution in [0, 0.1) is 0 Å². The molecule has 1 aliphatic rings. The van der Waals surface area contributed by atoms with Crippen molar-refractivity contribution in [3.8, 4) is 0 Å². The fourth-order valence-electron chi connectivity index (χ4n) is 1.44. The average Bonchev–Trinajstić information content (AvgIpc) is 2.49. The first-order chi connectivity index (χ1) is 5.77. The second-order valence-corrected chi connectivity index (χ2v) is 2.92. The van der Waals surface area contributed by atoms with Gasteiger partial charge < -0.3 is 9.67 Å². The van der Waals surface area contributed by atoms with Gasteiger partial charge in [0.1, 0.15) is 6.04 Å². The van der Waals surface area contributed by atoms with Crippen LogP contribution >= 0.6 is 0 Å².